The summed E-state index contributed by atoms with van der Waals surface area (Å²) in [5.41, 5.74) is 2.97. The molecule has 0 bridgehead atoms. The van der Waals surface area contributed by atoms with E-state index in [0.29, 0.717) is 28.7 Å². The smallest absolute Gasteiger partial charge is 0.261 e. The molecule has 1 heterocycles. The number of hydrogen-bond donors (Lipinski definition) is 0. The Hall–Kier alpha value is -3.38. The molecule has 0 spiro atoms. The SMILES string of the molecule is COc1cc(C2S/C(=C\c3ccccc3)C(=O)N2Cc2ccccc2)cc(OC)c1OC. The molecule has 1 atom stereocenters. The molecule has 4 rings (SSSR count). The van der Waals surface area contributed by atoms with Crippen LogP contribution in [-0.2, 0) is 11.3 Å². The lowest BCUT2D eigenvalue weighted by Gasteiger charge is -2.25. The van der Waals surface area contributed by atoms with Crippen LogP contribution < -0.4 is 14.2 Å². The van der Waals surface area contributed by atoms with Gasteiger partial charge in [-0.05, 0) is 34.9 Å². The second-order valence-corrected chi connectivity index (χ2v) is 8.39. The fraction of sp³-hybridized carbons (Fsp3) is 0.192. The molecule has 0 aliphatic carbocycles. The molecule has 1 aliphatic heterocycles. The Morgan fingerprint density at radius 3 is 2.03 bits per heavy atom. The minimum Gasteiger partial charge on any atom is -0.493 e. The Balaban J connectivity index is 1.77. The third kappa shape index (κ3) is 4.46. The molecule has 5 nitrogen and oxygen atoms in total. The molecule has 1 aliphatic rings. The molecule has 3 aromatic carbocycles. The monoisotopic (exact) mass is 447 g/mol. The number of carbonyl (C=O) groups is 1. The summed E-state index contributed by atoms with van der Waals surface area (Å²) in [5.74, 6) is 1.66. The van der Waals surface area contributed by atoms with Crippen LogP contribution in [0.4, 0.5) is 0 Å². The van der Waals surface area contributed by atoms with Crippen LogP contribution in [0, 0.1) is 0 Å². The van der Waals surface area contributed by atoms with E-state index in [1.807, 2.05) is 83.8 Å². The van der Waals surface area contributed by atoms with E-state index in [2.05, 4.69) is 0 Å². The summed E-state index contributed by atoms with van der Waals surface area (Å²) < 4.78 is 16.6. The van der Waals surface area contributed by atoms with Crippen LogP contribution >= 0.6 is 11.8 Å². The van der Waals surface area contributed by atoms with Crippen molar-refractivity contribution in [2.24, 2.45) is 0 Å². The van der Waals surface area contributed by atoms with Gasteiger partial charge in [0.05, 0.1) is 26.2 Å². The van der Waals surface area contributed by atoms with Crippen LogP contribution in [0.25, 0.3) is 6.08 Å². The van der Waals surface area contributed by atoms with E-state index in [4.69, 9.17) is 14.2 Å². The Morgan fingerprint density at radius 2 is 1.47 bits per heavy atom. The van der Waals surface area contributed by atoms with Crippen LogP contribution in [0.3, 0.4) is 0 Å². The van der Waals surface area contributed by atoms with E-state index in [1.165, 1.54) is 11.8 Å². The van der Waals surface area contributed by atoms with E-state index in [0.717, 1.165) is 16.7 Å². The number of carbonyl (C=O) groups excluding carboxylic acids is 1. The number of hydrogen-bond acceptors (Lipinski definition) is 5. The summed E-state index contributed by atoms with van der Waals surface area (Å²) in [6.07, 6.45) is 1.95. The normalized spacial score (nSPS) is 17.0. The topological polar surface area (TPSA) is 48.0 Å². The maximum absolute atomic E-state index is 13.5. The third-order valence-corrected chi connectivity index (χ3v) is 6.55. The lowest BCUT2D eigenvalue weighted by Crippen LogP contribution is -2.27. The number of methoxy groups -OCH3 is 3. The second-order valence-electron chi connectivity index (χ2n) is 7.27. The maximum Gasteiger partial charge on any atom is 0.261 e. The summed E-state index contributed by atoms with van der Waals surface area (Å²) in [6.45, 7) is 0.500. The minimum atomic E-state index is -0.230. The highest BCUT2D eigenvalue weighted by atomic mass is 32.2. The molecule has 3 aromatic rings. The predicted molar refractivity (Wildman–Crippen MR) is 128 cm³/mol. The van der Waals surface area contributed by atoms with Crippen molar-refractivity contribution < 1.29 is 19.0 Å². The third-order valence-electron chi connectivity index (χ3n) is 5.26. The van der Waals surface area contributed by atoms with Crippen molar-refractivity contribution in [1.82, 2.24) is 4.90 Å². The summed E-state index contributed by atoms with van der Waals surface area (Å²) in [7, 11) is 4.77. The first-order valence-corrected chi connectivity index (χ1v) is 11.1. The molecule has 1 unspecified atom stereocenters. The van der Waals surface area contributed by atoms with Crippen molar-refractivity contribution in [2.45, 2.75) is 11.9 Å². The van der Waals surface area contributed by atoms with Gasteiger partial charge in [0.25, 0.3) is 5.91 Å². The molecule has 164 valence electrons. The van der Waals surface area contributed by atoms with Crippen LogP contribution in [-0.4, -0.2) is 32.1 Å². The minimum absolute atomic E-state index is 0.00135. The summed E-state index contributed by atoms with van der Waals surface area (Å²) in [4.78, 5) is 16.1. The van der Waals surface area contributed by atoms with E-state index in [-0.39, 0.29) is 11.3 Å². The van der Waals surface area contributed by atoms with Crippen molar-refractivity contribution in [1.29, 1.82) is 0 Å². The van der Waals surface area contributed by atoms with Gasteiger partial charge in [-0.25, -0.2) is 0 Å². The summed E-state index contributed by atoms with van der Waals surface area (Å²) in [5, 5.41) is -0.230. The van der Waals surface area contributed by atoms with Crippen molar-refractivity contribution in [3.05, 3.63) is 94.4 Å². The maximum atomic E-state index is 13.5. The fourth-order valence-electron chi connectivity index (χ4n) is 3.71. The standard InChI is InChI=1S/C26H25NO4S/c1-29-21-15-20(16-22(30-2)24(21)31-3)26-27(17-19-12-8-5-9-13-19)25(28)23(32-26)14-18-10-6-4-7-11-18/h4-16,26H,17H2,1-3H3/b23-14-. The highest BCUT2D eigenvalue weighted by molar-refractivity contribution is 8.04. The molecule has 0 radical (unpaired) electrons. The van der Waals surface area contributed by atoms with Crippen LogP contribution in [0.2, 0.25) is 0 Å². The van der Waals surface area contributed by atoms with Gasteiger partial charge >= 0.3 is 0 Å². The summed E-state index contributed by atoms with van der Waals surface area (Å²) >= 11 is 1.53. The Bertz CT molecular complexity index is 1090. The Morgan fingerprint density at radius 1 is 0.875 bits per heavy atom. The van der Waals surface area contributed by atoms with Gasteiger partial charge in [-0.15, -0.1) is 0 Å². The summed E-state index contributed by atoms with van der Waals surface area (Å²) in [6, 6.07) is 23.7. The number of amides is 1. The molecule has 0 N–H and O–H groups in total. The van der Waals surface area contributed by atoms with Gasteiger partial charge in [0.2, 0.25) is 5.75 Å². The van der Waals surface area contributed by atoms with Gasteiger partial charge < -0.3 is 19.1 Å². The zero-order chi connectivity index (χ0) is 22.5. The lowest BCUT2D eigenvalue weighted by molar-refractivity contribution is -0.126. The van der Waals surface area contributed by atoms with Crippen molar-refractivity contribution in [2.75, 3.05) is 21.3 Å². The molecular formula is C26H25NO4S. The highest BCUT2D eigenvalue weighted by Crippen LogP contribution is 2.50. The van der Waals surface area contributed by atoms with E-state index < -0.39 is 0 Å². The number of ether oxygens (including phenoxy) is 3. The van der Waals surface area contributed by atoms with E-state index in [9.17, 15) is 4.79 Å². The van der Waals surface area contributed by atoms with Gasteiger partial charge in [-0.1, -0.05) is 72.4 Å². The molecule has 0 saturated carbocycles. The zero-order valence-corrected chi connectivity index (χ0v) is 19.1. The average Bonchev–Trinajstić information content (AvgIpc) is 3.14. The van der Waals surface area contributed by atoms with Crippen molar-refractivity contribution >= 4 is 23.7 Å². The average molecular weight is 448 g/mol. The number of nitrogens with zero attached hydrogens (tertiary/aromatic N) is 1. The van der Waals surface area contributed by atoms with Gasteiger partial charge in [-0.2, -0.15) is 0 Å². The second kappa shape index (κ2) is 9.83. The zero-order valence-electron chi connectivity index (χ0n) is 18.3. The molecule has 32 heavy (non-hydrogen) atoms. The van der Waals surface area contributed by atoms with Gasteiger partial charge in [0.15, 0.2) is 11.5 Å². The number of rotatable bonds is 7. The Labute approximate surface area is 192 Å². The van der Waals surface area contributed by atoms with Crippen molar-refractivity contribution in [3.8, 4) is 17.2 Å². The molecule has 6 heteroatoms. The largest absolute Gasteiger partial charge is 0.493 e. The molecule has 1 saturated heterocycles. The van der Waals surface area contributed by atoms with Gasteiger partial charge in [-0.3, -0.25) is 4.79 Å². The lowest BCUT2D eigenvalue weighted by atomic mass is 10.1. The first-order valence-electron chi connectivity index (χ1n) is 10.2. The van der Waals surface area contributed by atoms with Crippen molar-refractivity contribution in [3.63, 3.8) is 0 Å². The van der Waals surface area contributed by atoms with Gasteiger partial charge in [0.1, 0.15) is 5.37 Å². The fourth-order valence-corrected chi connectivity index (χ4v) is 4.94. The van der Waals surface area contributed by atoms with Crippen LogP contribution in [0.5, 0.6) is 17.2 Å². The van der Waals surface area contributed by atoms with Crippen LogP contribution in [0.15, 0.2) is 77.7 Å². The van der Waals surface area contributed by atoms with Gasteiger partial charge in [0, 0.05) is 6.54 Å². The first-order chi connectivity index (χ1) is 15.6. The quantitative estimate of drug-likeness (QED) is 0.446. The van der Waals surface area contributed by atoms with E-state index >= 15 is 0 Å². The first kappa shape index (κ1) is 21.8. The molecule has 1 amide bonds. The number of benzene rings is 3. The highest BCUT2D eigenvalue weighted by Gasteiger charge is 2.38. The van der Waals surface area contributed by atoms with E-state index in [1.54, 1.807) is 21.3 Å². The molecular weight excluding hydrogens is 422 g/mol. The molecule has 0 aromatic heterocycles. The molecule has 1 fully saturated rings. The van der Waals surface area contributed by atoms with Crippen LogP contribution in [0.1, 0.15) is 22.1 Å². The predicted octanol–water partition coefficient (Wildman–Crippen LogP) is 5.53. The Kier molecular flexibility index (Phi) is 6.71. The number of thioether (sulfide) groups is 1.